The first kappa shape index (κ1) is 28.4. The lowest BCUT2D eigenvalue weighted by molar-refractivity contribution is -0.439. The summed E-state index contributed by atoms with van der Waals surface area (Å²) in [7, 11) is 1.60. The summed E-state index contributed by atoms with van der Waals surface area (Å²) in [4.78, 5) is 0. The van der Waals surface area contributed by atoms with Crippen LogP contribution in [-0.2, 0) is 23.7 Å². The molecule has 16 heteroatoms. The first-order chi connectivity index (χ1) is 17.0. The van der Waals surface area contributed by atoms with Gasteiger partial charge in [-0.2, -0.15) is 0 Å². The van der Waals surface area contributed by atoms with E-state index in [-0.39, 0.29) is 6.42 Å². The van der Waals surface area contributed by atoms with E-state index in [2.05, 4.69) is 5.32 Å². The summed E-state index contributed by atoms with van der Waals surface area (Å²) in [5.74, 6) is -2.48. The highest BCUT2D eigenvalue weighted by molar-refractivity contribution is 5.05. The summed E-state index contributed by atoms with van der Waals surface area (Å²) in [6, 6.07) is -2.50. The molecule has 0 aromatic carbocycles. The summed E-state index contributed by atoms with van der Waals surface area (Å²) in [5.41, 5.74) is 11.8. The number of hydrogen-bond donors (Lipinski definition) is 11. The zero-order chi connectivity index (χ0) is 26.5. The van der Waals surface area contributed by atoms with Gasteiger partial charge in [-0.05, 0) is 13.5 Å². The fourth-order valence-electron chi connectivity index (χ4n) is 5.23. The maximum Gasteiger partial charge on any atom is 0.314 e. The van der Waals surface area contributed by atoms with E-state index in [0.29, 0.717) is 0 Å². The first-order valence-electron chi connectivity index (χ1n) is 11.8. The molecule has 1 saturated carbocycles. The van der Waals surface area contributed by atoms with Crippen LogP contribution in [0.25, 0.3) is 0 Å². The molecule has 16 nitrogen and oxygen atoms in total. The largest absolute Gasteiger partial charge is 0.395 e. The Kier molecular flexibility index (Phi) is 8.55. The molecule has 3 saturated heterocycles. The van der Waals surface area contributed by atoms with Gasteiger partial charge in [0, 0.05) is 12.1 Å². The van der Waals surface area contributed by atoms with Crippen molar-refractivity contribution in [3.63, 3.8) is 0 Å². The van der Waals surface area contributed by atoms with Gasteiger partial charge in [0.2, 0.25) is 0 Å². The Morgan fingerprint density at radius 1 is 0.944 bits per heavy atom. The van der Waals surface area contributed by atoms with E-state index >= 15 is 0 Å². The SMILES string of the molecule is CN[C@@H]1C[C@H](N)[C@@H](O)[C@H](O[C@@H]2O[C@H](CO)[C@H](O)[C@@H]3O[C@@]4(O[C@H]23)O[C@H]([C@@H](N)CO)[C@H](O)[C@H](O)[C@H]4O)[C@H]1O. The molecule has 0 radical (unpaired) electrons. The van der Waals surface area contributed by atoms with Gasteiger partial charge >= 0.3 is 5.97 Å². The van der Waals surface area contributed by atoms with Gasteiger partial charge in [-0.3, -0.25) is 0 Å². The number of hydrogen-bond acceptors (Lipinski definition) is 16. The summed E-state index contributed by atoms with van der Waals surface area (Å²) < 4.78 is 28.7. The average molecular weight is 528 g/mol. The van der Waals surface area contributed by atoms with Gasteiger partial charge < -0.3 is 81.3 Å². The smallest absolute Gasteiger partial charge is 0.314 e. The van der Waals surface area contributed by atoms with Gasteiger partial charge in [0.05, 0.1) is 31.5 Å². The van der Waals surface area contributed by atoms with Gasteiger partial charge in [0.15, 0.2) is 12.4 Å². The van der Waals surface area contributed by atoms with E-state index in [0.717, 1.165) is 0 Å². The molecule has 1 spiro atoms. The topological polar surface area (TPSA) is 272 Å². The van der Waals surface area contributed by atoms with Crippen LogP contribution in [-0.4, -0.2) is 159 Å². The molecule has 0 bridgehead atoms. The van der Waals surface area contributed by atoms with Crippen molar-refractivity contribution in [2.75, 3.05) is 20.3 Å². The molecule has 0 aromatic rings. The minimum atomic E-state index is -2.48. The number of fused-ring (bicyclic) bond motifs is 1. The predicted octanol–water partition coefficient (Wildman–Crippen LogP) is -7.27. The third-order valence-electron chi connectivity index (χ3n) is 7.42. The molecule has 210 valence electrons. The van der Waals surface area contributed by atoms with Crippen molar-refractivity contribution < 1.29 is 64.5 Å². The van der Waals surface area contributed by atoms with Crippen LogP contribution in [0.3, 0.4) is 0 Å². The first-order valence-corrected chi connectivity index (χ1v) is 11.8. The van der Waals surface area contributed by atoms with E-state index in [1.807, 2.05) is 0 Å². The Labute approximate surface area is 206 Å². The van der Waals surface area contributed by atoms with Crippen molar-refractivity contribution in [2.45, 2.75) is 104 Å². The van der Waals surface area contributed by atoms with Gasteiger partial charge in [-0.25, -0.2) is 0 Å². The number of aliphatic hydroxyl groups excluding tert-OH is 8. The number of likely N-dealkylation sites (N-methyl/N-ethyl adjacent to an activating group) is 1. The van der Waals surface area contributed by atoms with E-state index in [1.54, 1.807) is 7.05 Å². The molecule has 3 aliphatic heterocycles. The van der Waals surface area contributed by atoms with Gasteiger partial charge in [0.25, 0.3) is 0 Å². The molecule has 16 atom stereocenters. The fraction of sp³-hybridized carbons (Fsp3) is 1.00. The second kappa shape index (κ2) is 10.9. The molecule has 4 aliphatic rings. The molecule has 0 aromatic heterocycles. The summed E-state index contributed by atoms with van der Waals surface area (Å²) in [6.45, 7) is -1.33. The second-order valence-electron chi connectivity index (χ2n) is 9.72. The van der Waals surface area contributed by atoms with Crippen LogP contribution >= 0.6 is 0 Å². The lowest BCUT2D eigenvalue weighted by atomic mass is 9.84. The Hall–Kier alpha value is -0.640. The van der Waals surface area contributed by atoms with Crippen molar-refractivity contribution >= 4 is 0 Å². The van der Waals surface area contributed by atoms with Crippen LogP contribution in [0.4, 0.5) is 0 Å². The van der Waals surface area contributed by atoms with Gasteiger partial charge in [0.1, 0.15) is 48.8 Å². The van der Waals surface area contributed by atoms with Gasteiger partial charge in [-0.15, -0.1) is 0 Å². The van der Waals surface area contributed by atoms with Crippen LogP contribution in [0, 0.1) is 0 Å². The van der Waals surface area contributed by atoms with Crippen molar-refractivity contribution in [1.29, 1.82) is 0 Å². The Morgan fingerprint density at radius 2 is 1.61 bits per heavy atom. The lowest BCUT2D eigenvalue weighted by Crippen LogP contribution is -2.69. The number of nitrogens with one attached hydrogen (secondary N) is 1. The molecule has 3 heterocycles. The third kappa shape index (κ3) is 4.68. The maximum atomic E-state index is 10.7. The highest BCUT2D eigenvalue weighted by Gasteiger charge is 2.67. The standard InChI is InChI=1S/C20H37N3O13/c1-23-7-2-5(21)9(26)15(10(7)27)33-19-17-16(11(28)8(4-25)32-19)35-20(36-17)18(31)13(30)12(29)14(34-20)6(22)3-24/h5-19,23-31H,2-4,21-22H2,1H3/t5-,6-,7+,8+,9+,10-,11-,12+,13-,14+,15-,16-,17-,18+,19-,20-/m0/s1. The van der Waals surface area contributed by atoms with E-state index in [9.17, 15) is 40.9 Å². The summed E-state index contributed by atoms with van der Waals surface area (Å²) in [6.07, 6.45) is -17.7. The highest BCUT2D eigenvalue weighted by atomic mass is 16.9. The quantitative estimate of drug-likeness (QED) is 0.153. The molecule has 4 fully saturated rings. The highest BCUT2D eigenvalue weighted by Crippen LogP contribution is 2.45. The average Bonchev–Trinajstić information content (AvgIpc) is 3.27. The normalized spacial score (nSPS) is 54.4. The third-order valence-corrected chi connectivity index (χ3v) is 7.42. The van der Waals surface area contributed by atoms with Crippen LogP contribution < -0.4 is 16.8 Å². The van der Waals surface area contributed by atoms with Crippen LogP contribution in [0.5, 0.6) is 0 Å². The Bertz CT molecular complexity index is 756. The monoisotopic (exact) mass is 527 g/mol. The molecule has 0 amide bonds. The summed E-state index contributed by atoms with van der Waals surface area (Å²) in [5, 5.41) is 85.6. The minimum absolute atomic E-state index is 0.254. The Morgan fingerprint density at radius 3 is 2.22 bits per heavy atom. The minimum Gasteiger partial charge on any atom is -0.395 e. The van der Waals surface area contributed by atoms with Crippen molar-refractivity contribution in [3.8, 4) is 0 Å². The van der Waals surface area contributed by atoms with Crippen LogP contribution in [0.2, 0.25) is 0 Å². The fourth-order valence-corrected chi connectivity index (χ4v) is 5.23. The molecule has 13 N–H and O–H groups in total. The molecular formula is C20H37N3O13. The van der Waals surface area contributed by atoms with Gasteiger partial charge in [-0.1, -0.05) is 0 Å². The van der Waals surface area contributed by atoms with Crippen molar-refractivity contribution in [1.82, 2.24) is 5.32 Å². The van der Waals surface area contributed by atoms with E-state index in [1.165, 1.54) is 0 Å². The number of rotatable bonds is 6. The number of ether oxygens (including phenoxy) is 5. The number of nitrogens with two attached hydrogens (primary N) is 2. The van der Waals surface area contributed by atoms with Crippen LogP contribution in [0.1, 0.15) is 6.42 Å². The van der Waals surface area contributed by atoms with Crippen molar-refractivity contribution in [2.24, 2.45) is 11.5 Å². The molecule has 0 unspecified atom stereocenters. The maximum absolute atomic E-state index is 10.7. The van der Waals surface area contributed by atoms with E-state index in [4.69, 9.17) is 35.2 Å². The zero-order valence-electron chi connectivity index (χ0n) is 19.6. The number of aliphatic hydroxyl groups is 8. The second-order valence-corrected chi connectivity index (χ2v) is 9.72. The lowest BCUT2D eigenvalue weighted by Gasteiger charge is -2.46. The van der Waals surface area contributed by atoms with Crippen molar-refractivity contribution in [3.05, 3.63) is 0 Å². The Balaban J connectivity index is 1.62. The van der Waals surface area contributed by atoms with Crippen LogP contribution in [0.15, 0.2) is 0 Å². The molecule has 4 rings (SSSR count). The summed E-state index contributed by atoms with van der Waals surface area (Å²) >= 11 is 0. The molecular weight excluding hydrogens is 490 g/mol. The predicted molar refractivity (Wildman–Crippen MR) is 115 cm³/mol. The van der Waals surface area contributed by atoms with E-state index < -0.39 is 111 Å². The zero-order valence-corrected chi connectivity index (χ0v) is 19.6. The molecule has 36 heavy (non-hydrogen) atoms. The molecule has 1 aliphatic carbocycles.